The first kappa shape index (κ1) is 18.9. The van der Waals surface area contributed by atoms with E-state index in [0.29, 0.717) is 16.9 Å². The molecule has 27 heavy (non-hydrogen) atoms. The first-order valence-corrected chi connectivity index (χ1v) is 12.1. The Morgan fingerprint density at radius 1 is 0.963 bits per heavy atom. The van der Waals surface area contributed by atoms with Crippen molar-refractivity contribution in [1.82, 2.24) is 0 Å². The van der Waals surface area contributed by atoms with Gasteiger partial charge in [-0.3, -0.25) is 0 Å². The molecule has 5 rings (SSSR count). The maximum absolute atomic E-state index is 11.0. The van der Waals surface area contributed by atoms with Crippen LogP contribution < -0.4 is 0 Å². The summed E-state index contributed by atoms with van der Waals surface area (Å²) in [5, 5.41) is 11.0. The standard InChI is InChI=1S/C25H42O2/c1-5-25(26)13-12-23(3)17(14-25)6-7-18-20-9-8-19(16(2)22-15-27-22)24(20,4)11-10-21(18)23/h16-22,26H,5-15H2,1-4H3/t16-,17+,18-,19+,20-,21-,22?,23-,24+,25+/m0/s1. The van der Waals surface area contributed by atoms with E-state index in [0.717, 1.165) is 61.4 Å². The molecule has 1 saturated heterocycles. The van der Waals surface area contributed by atoms with Crippen molar-refractivity contribution in [3.8, 4) is 0 Å². The Labute approximate surface area is 166 Å². The highest BCUT2D eigenvalue weighted by atomic mass is 16.6. The molecule has 0 aromatic carbocycles. The van der Waals surface area contributed by atoms with E-state index in [9.17, 15) is 5.11 Å². The molecule has 0 aromatic rings. The maximum Gasteiger partial charge on any atom is 0.0838 e. The fourth-order valence-electron chi connectivity index (χ4n) is 9.17. The van der Waals surface area contributed by atoms with Crippen LogP contribution in [0.5, 0.6) is 0 Å². The molecule has 2 heteroatoms. The lowest BCUT2D eigenvalue weighted by Crippen LogP contribution is -2.56. The van der Waals surface area contributed by atoms with Crippen LogP contribution in [0.3, 0.4) is 0 Å². The third kappa shape index (κ3) is 2.71. The molecule has 10 atom stereocenters. The summed E-state index contributed by atoms with van der Waals surface area (Å²) in [5.74, 6) is 5.23. The third-order valence-corrected chi connectivity index (χ3v) is 11.1. The normalized spacial score (nSPS) is 58.1. The molecular weight excluding hydrogens is 332 g/mol. The predicted octanol–water partition coefficient (Wildman–Crippen LogP) is 5.82. The fraction of sp³-hybridized carbons (Fsp3) is 1.00. The lowest BCUT2D eigenvalue weighted by molar-refractivity contribution is -0.152. The molecule has 1 N–H and O–H groups in total. The number of epoxide rings is 1. The van der Waals surface area contributed by atoms with Crippen LogP contribution >= 0.6 is 0 Å². The molecule has 0 bridgehead atoms. The van der Waals surface area contributed by atoms with Crippen molar-refractivity contribution in [3.63, 3.8) is 0 Å². The molecule has 0 spiro atoms. The topological polar surface area (TPSA) is 32.8 Å². The van der Waals surface area contributed by atoms with Crippen LogP contribution in [-0.4, -0.2) is 23.4 Å². The monoisotopic (exact) mass is 374 g/mol. The van der Waals surface area contributed by atoms with Crippen molar-refractivity contribution >= 4 is 0 Å². The van der Waals surface area contributed by atoms with E-state index in [2.05, 4.69) is 27.7 Å². The average molecular weight is 375 g/mol. The van der Waals surface area contributed by atoms with Gasteiger partial charge in [0.2, 0.25) is 0 Å². The highest BCUT2D eigenvalue weighted by Gasteiger charge is 2.62. The summed E-state index contributed by atoms with van der Waals surface area (Å²) in [6.07, 6.45) is 13.5. The van der Waals surface area contributed by atoms with Crippen LogP contribution in [0.4, 0.5) is 0 Å². The summed E-state index contributed by atoms with van der Waals surface area (Å²) < 4.78 is 5.71. The van der Waals surface area contributed by atoms with Gasteiger partial charge in [-0.2, -0.15) is 0 Å². The van der Waals surface area contributed by atoms with Gasteiger partial charge in [0.15, 0.2) is 0 Å². The van der Waals surface area contributed by atoms with Crippen molar-refractivity contribution in [3.05, 3.63) is 0 Å². The second-order valence-electron chi connectivity index (χ2n) is 11.9. The van der Waals surface area contributed by atoms with Crippen LogP contribution in [0.2, 0.25) is 0 Å². The molecule has 0 amide bonds. The molecule has 5 fully saturated rings. The van der Waals surface area contributed by atoms with Crippen molar-refractivity contribution in [2.75, 3.05) is 6.61 Å². The number of hydrogen-bond acceptors (Lipinski definition) is 2. The van der Waals surface area contributed by atoms with Crippen molar-refractivity contribution in [1.29, 1.82) is 0 Å². The largest absolute Gasteiger partial charge is 0.390 e. The summed E-state index contributed by atoms with van der Waals surface area (Å²) in [6, 6.07) is 0. The van der Waals surface area contributed by atoms with Gasteiger partial charge in [-0.1, -0.05) is 27.7 Å². The zero-order chi connectivity index (χ0) is 19.0. The molecule has 5 aliphatic rings. The lowest BCUT2D eigenvalue weighted by atomic mass is 9.43. The minimum absolute atomic E-state index is 0.363. The quantitative estimate of drug-likeness (QED) is 0.631. The molecule has 154 valence electrons. The third-order valence-electron chi connectivity index (χ3n) is 11.1. The number of fused-ring (bicyclic) bond motifs is 5. The number of aliphatic hydroxyl groups is 1. The highest BCUT2D eigenvalue weighted by Crippen LogP contribution is 2.69. The number of rotatable bonds is 3. The van der Waals surface area contributed by atoms with Gasteiger partial charge in [-0.15, -0.1) is 0 Å². The van der Waals surface area contributed by atoms with Crippen molar-refractivity contribution < 1.29 is 9.84 Å². The molecule has 2 nitrogen and oxygen atoms in total. The summed E-state index contributed by atoms with van der Waals surface area (Å²) in [6.45, 7) is 11.0. The van der Waals surface area contributed by atoms with E-state index in [-0.39, 0.29) is 5.60 Å². The molecule has 1 aliphatic heterocycles. The summed E-state index contributed by atoms with van der Waals surface area (Å²) >= 11 is 0. The van der Waals surface area contributed by atoms with Gasteiger partial charge in [0.05, 0.1) is 18.3 Å². The predicted molar refractivity (Wildman–Crippen MR) is 109 cm³/mol. The minimum atomic E-state index is -0.363. The zero-order valence-electron chi connectivity index (χ0n) is 18.2. The number of ether oxygens (including phenoxy) is 1. The SMILES string of the molecule is CC[C@@]1(O)CC[C@@]2(C)[C@H](CC[C@@H]3[C@@H]2CC[C@]2(C)[C@@H]([C@H](C)C4CO4)CC[C@@H]32)C1. The first-order chi connectivity index (χ1) is 12.8. The number of hydrogen-bond donors (Lipinski definition) is 1. The van der Waals surface area contributed by atoms with E-state index >= 15 is 0 Å². The van der Waals surface area contributed by atoms with Gasteiger partial charge in [0, 0.05) is 0 Å². The van der Waals surface area contributed by atoms with Gasteiger partial charge in [-0.25, -0.2) is 0 Å². The average Bonchev–Trinajstić information content (AvgIpc) is 3.43. The van der Waals surface area contributed by atoms with Gasteiger partial charge in [-0.05, 0) is 111 Å². The van der Waals surface area contributed by atoms with E-state index in [1.165, 1.54) is 44.9 Å². The first-order valence-electron chi connectivity index (χ1n) is 12.1. The molecular formula is C25H42O2. The Bertz CT molecular complexity index is 585. The van der Waals surface area contributed by atoms with E-state index in [1.807, 2.05) is 0 Å². The fourth-order valence-corrected chi connectivity index (χ4v) is 9.17. The summed E-state index contributed by atoms with van der Waals surface area (Å²) in [4.78, 5) is 0. The van der Waals surface area contributed by atoms with Crippen molar-refractivity contribution in [2.45, 2.75) is 104 Å². The van der Waals surface area contributed by atoms with Crippen molar-refractivity contribution in [2.24, 2.45) is 46.3 Å². The Kier molecular flexibility index (Phi) is 4.35. The van der Waals surface area contributed by atoms with Gasteiger partial charge >= 0.3 is 0 Å². The Hall–Kier alpha value is -0.0800. The Morgan fingerprint density at radius 3 is 2.41 bits per heavy atom. The van der Waals surface area contributed by atoms with E-state index < -0.39 is 0 Å². The highest BCUT2D eigenvalue weighted by molar-refractivity contribution is 5.11. The van der Waals surface area contributed by atoms with Crippen LogP contribution in [0, 0.1) is 46.3 Å². The van der Waals surface area contributed by atoms with Gasteiger partial charge in [0.25, 0.3) is 0 Å². The van der Waals surface area contributed by atoms with Crippen LogP contribution in [0.1, 0.15) is 91.9 Å². The smallest absolute Gasteiger partial charge is 0.0838 e. The molecule has 0 aromatic heterocycles. The summed E-state index contributed by atoms with van der Waals surface area (Å²) in [7, 11) is 0. The van der Waals surface area contributed by atoms with Gasteiger partial charge < -0.3 is 9.84 Å². The Balaban J connectivity index is 1.38. The second-order valence-corrected chi connectivity index (χ2v) is 11.9. The summed E-state index contributed by atoms with van der Waals surface area (Å²) in [5.41, 5.74) is 0.696. The minimum Gasteiger partial charge on any atom is -0.390 e. The molecule has 0 radical (unpaired) electrons. The lowest BCUT2D eigenvalue weighted by Gasteiger charge is -2.62. The van der Waals surface area contributed by atoms with Crippen LogP contribution in [-0.2, 0) is 4.74 Å². The van der Waals surface area contributed by atoms with Crippen LogP contribution in [0.15, 0.2) is 0 Å². The van der Waals surface area contributed by atoms with E-state index in [1.54, 1.807) is 0 Å². The zero-order valence-corrected chi connectivity index (χ0v) is 18.2. The van der Waals surface area contributed by atoms with E-state index in [4.69, 9.17) is 4.74 Å². The molecule has 4 aliphatic carbocycles. The Morgan fingerprint density at radius 2 is 1.70 bits per heavy atom. The molecule has 1 heterocycles. The molecule has 1 unspecified atom stereocenters. The molecule has 4 saturated carbocycles. The van der Waals surface area contributed by atoms with Crippen LogP contribution in [0.25, 0.3) is 0 Å². The van der Waals surface area contributed by atoms with Gasteiger partial charge in [0.1, 0.15) is 0 Å². The second kappa shape index (κ2) is 6.21. The maximum atomic E-state index is 11.0.